The molecule has 6 heteroatoms. The van der Waals surface area contributed by atoms with Gasteiger partial charge in [-0.05, 0) is 25.3 Å². The first-order valence-electron chi connectivity index (χ1n) is 5.99. The predicted molar refractivity (Wildman–Crippen MR) is 65.2 cm³/mol. The van der Waals surface area contributed by atoms with Crippen LogP contribution < -0.4 is 0 Å². The van der Waals surface area contributed by atoms with Gasteiger partial charge in [0.2, 0.25) is 0 Å². The van der Waals surface area contributed by atoms with Gasteiger partial charge in [-0.2, -0.15) is 5.10 Å². The first kappa shape index (κ1) is 11.2. The summed E-state index contributed by atoms with van der Waals surface area (Å²) in [5.74, 6) is 0. The van der Waals surface area contributed by atoms with Gasteiger partial charge in [-0.1, -0.05) is 6.07 Å². The molecule has 1 atom stereocenters. The second-order valence-corrected chi connectivity index (χ2v) is 4.38. The van der Waals surface area contributed by atoms with Crippen LogP contribution in [0.5, 0.6) is 0 Å². The number of benzene rings is 1. The van der Waals surface area contributed by atoms with Crippen LogP contribution in [0.1, 0.15) is 25.5 Å². The molecule has 0 radical (unpaired) electrons. The quantitative estimate of drug-likeness (QED) is 0.604. The molecule has 1 aliphatic rings. The van der Waals surface area contributed by atoms with Crippen LogP contribution in [0.4, 0.5) is 5.69 Å². The molecule has 1 aromatic heterocycles. The molecular weight excluding hydrogens is 234 g/mol. The predicted octanol–water partition coefficient (Wildman–Crippen LogP) is 2.64. The van der Waals surface area contributed by atoms with Crippen LogP contribution in [0.3, 0.4) is 0 Å². The van der Waals surface area contributed by atoms with E-state index in [-0.39, 0.29) is 16.8 Å². The minimum atomic E-state index is -0.379. The minimum Gasteiger partial charge on any atom is -0.356 e. The largest absolute Gasteiger partial charge is 0.356 e. The lowest BCUT2D eigenvalue weighted by atomic mass is 10.2. The van der Waals surface area contributed by atoms with E-state index in [9.17, 15) is 10.1 Å². The second-order valence-electron chi connectivity index (χ2n) is 4.38. The second kappa shape index (κ2) is 4.38. The van der Waals surface area contributed by atoms with Gasteiger partial charge in [0.05, 0.1) is 22.0 Å². The van der Waals surface area contributed by atoms with Gasteiger partial charge in [-0.25, -0.2) is 4.68 Å². The molecule has 0 aliphatic carbocycles. The number of hydrogen-bond donors (Lipinski definition) is 0. The van der Waals surface area contributed by atoms with E-state index >= 15 is 0 Å². The fraction of sp³-hybridized carbons (Fsp3) is 0.417. The number of fused-ring (bicyclic) bond motifs is 1. The Hall–Kier alpha value is -1.95. The number of aromatic nitrogens is 2. The van der Waals surface area contributed by atoms with Crippen molar-refractivity contribution in [1.82, 2.24) is 9.78 Å². The van der Waals surface area contributed by atoms with E-state index in [1.54, 1.807) is 16.9 Å². The number of nitro groups is 1. The van der Waals surface area contributed by atoms with Gasteiger partial charge in [0.25, 0.3) is 5.69 Å². The number of nitrogens with zero attached hydrogens (tertiary/aromatic N) is 3. The number of rotatable bonds is 2. The van der Waals surface area contributed by atoms with Crippen LogP contribution in [0.15, 0.2) is 24.4 Å². The highest BCUT2D eigenvalue weighted by atomic mass is 16.6. The fourth-order valence-electron chi connectivity index (χ4n) is 2.36. The van der Waals surface area contributed by atoms with Crippen LogP contribution in [-0.2, 0) is 4.74 Å². The third-order valence-electron chi connectivity index (χ3n) is 3.24. The third kappa shape index (κ3) is 1.74. The van der Waals surface area contributed by atoms with E-state index in [4.69, 9.17) is 4.74 Å². The first-order chi connectivity index (χ1) is 8.77. The molecule has 2 aromatic rings. The van der Waals surface area contributed by atoms with E-state index in [2.05, 4.69) is 5.10 Å². The van der Waals surface area contributed by atoms with Gasteiger partial charge in [0.15, 0.2) is 6.23 Å². The van der Waals surface area contributed by atoms with Crippen molar-refractivity contribution < 1.29 is 9.66 Å². The van der Waals surface area contributed by atoms with Gasteiger partial charge in [0, 0.05) is 12.7 Å². The number of ether oxygens (including phenoxy) is 1. The highest BCUT2D eigenvalue weighted by Crippen LogP contribution is 2.30. The van der Waals surface area contributed by atoms with Gasteiger partial charge in [-0.15, -0.1) is 0 Å². The molecule has 1 saturated heterocycles. The first-order valence-corrected chi connectivity index (χ1v) is 5.99. The van der Waals surface area contributed by atoms with Crippen LogP contribution in [0.2, 0.25) is 0 Å². The summed E-state index contributed by atoms with van der Waals surface area (Å²) in [7, 11) is 0. The van der Waals surface area contributed by atoms with Crippen molar-refractivity contribution in [3.63, 3.8) is 0 Å². The Balaban J connectivity index is 2.08. The molecule has 0 N–H and O–H groups in total. The van der Waals surface area contributed by atoms with Crippen molar-refractivity contribution in [1.29, 1.82) is 0 Å². The van der Waals surface area contributed by atoms with E-state index < -0.39 is 0 Å². The molecule has 0 bridgehead atoms. The molecule has 0 amide bonds. The molecule has 18 heavy (non-hydrogen) atoms. The lowest BCUT2D eigenvalue weighted by molar-refractivity contribution is -0.383. The number of nitro benzene ring substituents is 1. The number of hydrogen-bond acceptors (Lipinski definition) is 4. The topological polar surface area (TPSA) is 70.2 Å². The molecule has 1 aliphatic heterocycles. The zero-order valence-electron chi connectivity index (χ0n) is 9.78. The summed E-state index contributed by atoms with van der Waals surface area (Å²) in [6.45, 7) is 0.723. The average Bonchev–Trinajstić information content (AvgIpc) is 2.83. The summed E-state index contributed by atoms with van der Waals surface area (Å²) in [5, 5.41) is 15.8. The monoisotopic (exact) mass is 247 g/mol. The summed E-state index contributed by atoms with van der Waals surface area (Å²) in [6, 6.07) is 5.02. The smallest absolute Gasteiger partial charge is 0.280 e. The van der Waals surface area contributed by atoms with Gasteiger partial charge in [-0.3, -0.25) is 10.1 Å². The minimum absolute atomic E-state index is 0.0922. The van der Waals surface area contributed by atoms with Crippen LogP contribution in [0.25, 0.3) is 10.9 Å². The standard InChI is InChI=1S/C12H13N3O3/c16-15(17)11-5-3-4-10-9(11)8-13-14(10)12-6-1-2-7-18-12/h3-5,8,12H,1-2,6-7H2/t12-/m1/s1. The summed E-state index contributed by atoms with van der Waals surface area (Å²) >= 11 is 0. The van der Waals surface area contributed by atoms with E-state index in [1.807, 2.05) is 6.07 Å². The normalized spacial score (nSPS) is 20.1. The molecular formula is C12H13N3O3. The van der Waals surface area contributed by atoms with Gasteiger partial charge >= 0.3 is 0 Å². The Morgan fingerprint density at radius 3 is 3.06 bits per heavy atom. The SMILES string of the molecule is O=[N+]([O-])c1cccc2c1cnn2[C@H]1CCCCO1. The highest BCUT2D eigenvalue weighted by molar-refractivity contribution is 5.87. The molecule has 3 rings (SSSR count). The van der Waals surface area contributed by atoms with Crippen molar-refractivity contribution in [2.24, 2.45) is 0 Å². The van der Waals surface area contributed by atoms with Crippen molar-refractivity contribution in [3.05, 3.63) is 34.5 Å². The Morgan fingerprint density at radius 1 is 1.44 bits per heavy atom. The molecule has 2 heterocycles. The zero-order chi connectivity index (χ0) is 12.5. The summed E-state index contributed by atoms with van der Waals surface area (Å²) < 4.78 is 7.41. The van der Waals surface area contributed by atoms with E-state index in [0.29, 0.717) is 5.39 Å². The van der Waals surface area contributed by atoms with E-state index in [1.165, 1.54) is 6.07 Å². The molecule has 6 nitrogen and oxygen atoms in total. The molecule has 0 saturated carbocycles. The van der Waals surface area contributed by atoms with Crippen LogP contribution in [-0.4, -0.2) is 21.3 Å². The number of non-ortho nitro benzene ring substituents is 1. The maximum absolute atomic E-state index is 10.9. The molecule has 1 fully saturated rings. The van der Waals surface area contributed by atoms with Crippen LogP contribution >= 0.6 is 0 Å². The third-order valence-corrected chi connectivity index (χ3v) is 3.24. The Kier molecular flexibility index (Phi) is 2.71. The molecule has 94 valence electrons. The summed E-state index contributed by atoms with van der Waals surface area (Å²) in [6.07, 6.45) is 4.51. The summed E-state index contributed by atoms with van der Waals surface area (Å²) in [4.78, 5) is 10.6. The van der Waals surface area contributed by atoms with Gasteiger partial charge < -0.3 is 4.74 Å². The van der Waals surface area contributed by atoms with Crippen molar-refractivity contribution in [2.45, 2.75) is 25.5 Å². The maximum Gasteiger partial charge on any atom is 0.280 e. The average molecular weight is 247 g/mol. The Bertz CT molecular complexity index is 587. The maximum atomic E-state index is 10.9. The van der Waals surface area contributed by atoms with E-state index in [0.717, 1.165) is 31.4 Å². The van der Waals surface area contributed by atoms with Crippen molar-refractivity contribution in [3.8, 4) is 0 Å². The van der Waals surface area contributed by atoms with Crippen LogP contribution in [0, 0.1) is 10.1 Å². The van der Waals surface area contributed by atoms with Crippen molar-refractivity contribution in [2.75, 3.05) is 6.61 Å². The highest BCUT2D eigenvalue weighted by Gasteiger charge is 2.21. The molecule has 0 unspecified atom stereocenters. The summed E-state index contributed by atoms with van der Waals surface area (Å²) in [5.41, 5.74) is 0.852. The van der Waals surface area contributed by atoms with Gasteiger partial charge in [0.1, 0.15) is 0 Å². The Labute approximate surface area is 103 Å². The molecule has 0 spiro atoms. The van der Waals surface area contributed by atoms with Crippen molar-refractivity contribution >= 4 is 16.6 Å². The lowest BCUT2D eigenvalue weighted by Crippen LogP contribution is -2.18. The Morgan fingerprint density at radius 2 is 2.33 bits per heavy atom. The lowest BCUT2D eigenvalue weighted by Gasteiger charge is -2.23. The molecule has 1 aromatic carbocycles. The zero-order valence-corrected chi connectivity index (χ0v) is 9.78. The fourth-order valence-corrected chi connectivity index (χ4v) is 2.36.